The minimum absolute atomic E-state index is 0.105. The van der Waals surface area contributed by atoms with Gasteiger partial charge in [-0.15, -0.1) is 0 Å². The molecule has 168 valence electrons. The molecule has 1 heterocycles. The lowest BCUT2D eigenvalue weighted by Gasteiger charge is -2.35. The van der Waals surface area contributed by atoms with Gasteiger partial charge in [-0.1, -0.05) is 60.7 Å². The number of hydrogen-bond donors (Lipinski definition) is 0. The van der Waals surface area contributed by atoms with E-state index in [1.54, 1.807) is 12.1 Å². The molecule has 0 aliphatic carbocycles. The topological polar surface area (TPSA) is 72.9 Å². The Labute approximate surface area is 188 Å². The van der Waals surface area contributed by atoms with Crippen molar-refractivity contribution in [1.82, 2.24) is 4.31 Å². The molecule has 3 aromatic rings. The third-order valence-electron chi connectivity index (χ3n) is 5.86. The van der Waals surface area contributed by atoms with Crippen molar-refractivity contribution in [2.45, 2.75) is 17.9 Å². The van der Waals surface area contributed by atoms with Crippen LogP contribution in [0.4, 0.5) is 0 Å². The molecule has 1 saturated heterocycles. The second kappa shape index (κ2) is 9.81. The normalized spacial score (nSPS) is 19.7. The predicted molar refractivity (Wildman–Crippen MR) is 122 cm³/mol. The monoisotopic (exact) mass is 453 g/mol. The van der Waals surface area contributed by atoms with Crippen LogP contribution < -0.4 is 0 Å². The van der Waals surface area contributed by atoms with Crippen LogP contribution in [0.25, 0.3) is 10.8 Å². The Kier molecular flexibility index (Phi) is 6.89. The summed E-state index contributed by atoms with van der Waals surface area (Å²) in [5, 5.41) is 1.84. The maximum atomic E-state index is 13.5. The predicted octanol–water partition coefficient (Wildman–Crippen LogP) is 3.86. The summed E-state index contributed by atoms with van der Waals surface area (Å²) in [6, 6.07) is 22.6. The summed E-state index contributed by atoms with van der Waals surface area (Å²) in [6.45, 7) is 1.22. The molecule has 32 heavy (non-hydrogen) atoms. The molecule has 0 spiro atoms. The van der Waals surface area contributed by atoms with Crippen molar-refractivity contribution in [3.8, 4) is 0 Å². The molecule has 0 amide bonds. The van der Waals surface area contributed by atoms with Gasteiger partial charge in [-0.05, 0) is 40.8 Å². The Morgan fingerprint density at radius 2 is 1.69 bits per heavy atom. The fourth-order valence-electron chi connectivity index (χ4n) is 4.21. The number of methoxy groups -OCH3 is 1. The maximum absolute atomic E-state index is 13.5. The summed E-state index contributed by atoms with van der Waals surface area (Å²) >= 11 is 0. The zero-order valence-corrected chi connectivity index (χ0v) is 18.8. The number of carbonyl (C=O) groups is 1. The highest BCUT2D eigenvalue weighted by atomic mass is 32.2. The molecule has 2 atom stereocenters. The van der Waals surface area contributed by atoms with Crippen molar-refractivity contribution in [3.05, 3.63) is 78.4 Å². The number of nitrogens with zero attached hydrogens (tertiary/aromatic N) is 1. The van der Waals surface area contributed by atoms with Gasteiger partial charge in [-0.2, -0.15) is 4.31 Å². The lowest BCUT2D eigenvalue weighted by molar-refractivity contribution is -0.147. The van der Waals surface area contributed by atoms with E-state index < -0.39 is 21.9 Å². The van der Waals surface area contributed by atoms with Gasteiger partial charge in [-0.25, -0.2) is 8.42 Å². The first kappa shape index (κ1) is 22.5. The molecule has 0 radical (unpaired) electrons. The molecule has 0 saturated carbocycles. The second-order valence-electron chi connectivity index (χ2n) is 8.15. The summed E-state index contributed by atoms with van der Waals surface area (Å²) in [7, 11) is -2.43. The molecule has 1 aliphatic rings. The number of ether oxygens (including phenoxy) is 2. The fraction of sp³-hybridized carbons (Fsp3) is 0.320. The second-order valence-corrected chi connectivity index (χ2v) is 10.1. The minimum Gasteiger partial charge on any atom is -0.469 e. The van der Waals surface area contributed by atoms with E-state index >= 15 is 0 Å². The van der Waals surface area contributed by atoms with Gasteiger partial charge in [0, 0.05) is 13.1 Å². The van der Waals surface area contributed by atoms with Crippen LogP contribution in [0.5, 0.6) is 0 Å². The molecule has 0 N–H and O–H groups in total. The third kappa shape index (κ3) is 5.01. The first-order chi connectivity index (χ1) is 15.5. The first-order valence-corrected chi connectivity index (χ1v) is 12.1. The van der Waals surface area contributed by atoms with E-state index in [1.807, 2.05) is 60.7 Å². The van der Waals surface area contributed by atoms with Gasteiger partial charge in [0.2, 0.25) is 10.0 Å². The van der Waals surface area contributed by atoms with Crippen LogP contribution >= 0.6 is 0 Å². The Hall–Kier alpha value is -2.74. The zero-order chi connectivity index (χ0) is 22.6. The molecular weight excluding hydrogens is 426 g/mol. The Morgan fingerprint density at radius 3 is 2.44 bits per heavy atom. The van der Waals surface area contributed by atoms with Gasteiger partial charge in [0.25, 0.3) is 0 Å². The largest absolute Gasteiger partial charge is 0.469 e. The van der Waals surface area contributed by atoms with Gasteiger partial charge in [0.05, 0.1) is 31.1 Å². The van der Waals surface area contributed by atoms with Gasteiger partial charge in [-0.3, -0.25) is 4.79 Å². The molecular formula is C25H27NO5S. The smallest absolute Gasteiger partial charge is 0.310 e. The molecule has 0 unspecified atom stereocenters. The molecule has 3 aromatic carbocycles. The van der Waals surface area contributed by atoms with Crippen molar-refractivity contribution in [1.29, 1.82) is 0 Å². The summed E-state index contributed by atoms with van der Waals surface area (Å²) in [5.74, 6) is -1.02. The van der Waals surface area contributed by atoms with E-state index in [-0.39, 0.29) is 17.4 Å². The number of piperidine rings is 1. The van der Waals surface area contributed by atoms with Crippen LogP contribution in [0.3, 0.4) is 0 Å². The maximum Gasteiger partial charge on any atom is 0.310 e. The van der Waals surface area contributed by atoms with Crippen LogP contribution in [0.2, 0.25) is 0 Å². The molecule has 6 nitrogen and oxygen atoms in total. The van der Waals surface area contributed by atoms with Gasteiger partial charge < -0.3 is 9.47 Å². The van der Waals surface area contributed by atoms with Crippen LogP contribution in [-0.2, 0) is 30.9 Å². The van der Waals surface area contributed by atoms with Crippen LogP contribution in [0, 0.1) is 11.8 Å². The van der Waals surface area contributed by atoms with Crippen molar-refractivity contribution in [2.24, 2.45) is 11.8 Å². The number of rotatable bonds is 7. The SMILES string of the molecule is COC(=O)[C@H]1C[C@H](COCc2ccccc2)CN(S(=O)(=O)c2ccc3ccccc3c2)C1. The summed E-state index contributed by atoms with van der Waals surface area (Å²) in [4.78, 5) is 12.5. The highest BCUT2D eigenvalue weighted by molar-refractivity contribution is 7.89. The van der Waals surface area contributed by atoms with Crippen LogP contribution in [-0.4, -0.2) is 45.5 Å². The van der Waals surface area contributed by atoms with E-state index in [1.165, 1.54) is 11.4 Å². The highest BCUT2D eigenvalue weighted by Crippen LogP contribution is 2.29. The number of esters is 1. The number of hydrogen-bond acceptors (Lipinski definition) is 5. The Balaban J connectivity index is 1.52. The van der Waals surface area contributed by atoms with E-state index in [9.17, 15) is 13.2 Å². The van der Waals surface area contributed by atoms with Crippen molar-refractivity contribution < 1.29 is 22.7 Å². The molecule has 1 fully saturated rings. The number of carbonyl (C=O) groups excluding carboxylic acids is 1. The Morgan fingerprint density at radius 1 is 0.969 bits per heavy atom. The lowest BCUT2D eigenvalue weighted by atomic mass is 9.91. The van der Waals surface area contributed by atoms with Gasteiger partial charge in [0.15, 0.2) is 0 Å². The standard InChI is InChI=1S/C25H27NO5S/c1-30-25(27)23-13-20(18-31-17-19-7-3-2-4-8-19)15-26(16-23)32(28,29)24-12-11-21-9-5-6-10-22(21)14-24/h2-12,14,20,23H,13,15-18H2,1H3/t20-,23-/m0/s1. The molecule has 4 rings (SSSR count). The first-order valence-electron chi connectivity index (χ1n) is 10.7. The number of sulfonamides is 1. The quantitative estimate of drug-likeness (QED) is 0.508. The number of benzene rings is 3. The van der Waals surface area contributed by atoms with Gasteiger partial charge >= 0.3 is 5.97 Å². The van der Waals surface area contributed by atoms with Crippen molar-refractivity contribution in [2.75, 3.05) is 26.8 Å². The zero-order valence-electron chi connectivity index (χ0n) is 18.0. The van der Waals surface area contributed by atoms with Crippen molar-refractivity contribution in [3.63, 3.8) is 0 Å². The van der Waals surface area contributed by atoms with Crippen molar-refractivity contribution >= 4 is 26.8 Å². The Bertz CT molecular complexity index is 1180. The summed E-state index contributed by atoms with van der Waals surface area (Å²) in [5.41, 5.74) is 1.05. The highest BCUT2D eigenvalue weighted by Gasteiger charge is 2.38. The van der Waals surface area contributed by atoms with Crippen LogP contribution in [0.15, 0.2) is 77.7 Å². The lowest BCUT2D eigenvalue weighted by Crippen LogP contribution is -2.47. The molecule has 7 heteroatoms. The van der Waals surface area contributed by atoms with E-state index in [0.717, 1.165) is 16.3 Å². The van der Waals surface area contributed by atoms with Crippen LogP contribution in [0.1, 0.15) is 12.0 Å². The van der Waals surface area contributed by atoms with E-state index in [4.69, 9.17) is 9.47 Å². The van der Waals surface area contributed by atoms with Gasteiger partial charge in [0.1, 0.15) is 0 Å². The summed E-state index contributed by atoms with van der Waals surface area (Å²) in [6.07, 6.45) is 0.533. The third-order valence-corrected chi connectivity index (χ3v) is 7.69. The molecule has 0 aromatic heterocycles. The minimum atomic E-state index is -3.77. The number of fused-ring (bicyclic) bond motifs is 1. The van der Waals surface area contributed by atoms with E-state index in [0.29, 0.717) is 26.2 Å². The average Bonchev–Trinajstić information content (AvgIpc) is 2.83. The fourth-order valence-corrected chi connectivity index (χ4v) is 5.81. The average molecular weight is 454 g/mol. The summed E-state index contributed by atoms with van der Waals surface area (Å²) < 4.78 is 39.1. The molecule has 1 aliphatic heterocycles. The molecule has 0 bridgehead atoms. The van der Waals surface area contributed by atoms with E-state index in [2.05, 4.69) is 0 Å².